The van der Waals surface area contributed by atoms with Crippen molar-refractivity contribution >= 4 is 27.1 Å². The van der Waals surface area contributed by atoms with Crippen molar-refractivity contribution in [3.63, 3.8) is 0 Å². The quantitative estimate of drug-likeness (QED) is 0.623. The molecule has 1 atom stereocenters. The van der Waals surface area contributed by atoms with E-state index in [1.54, 1.807) is 32.4 Å². The molecule has 4 rings (SSSR count). The first-order valence-electron chi connectivity index (χ1n) is 11.5. The standard InChI is InChI=1S/C23H33N5O5S/c1-16-23(17(2)28(25-16)18-7-12-34(30,31)15-18)27-10-8-26(9-11-27)14-22(29)24-20-6-5-19(32-3)13-21(20)33-4/h5-6,13,18H,7-12,14-15H2,1-4H3,(H,24,29). The van der Waals surface area contributed by atoms with Crippen molar-refractivity contribution in [3.8, 4) is 11.5 Å². The lowest BCUT2D eigenvalue weighted by molar-refractivity contribution is -0.117. The van der Waals surface area contributed by atoms with E-state index in [1.807, 2.05) is 18.5 Å². The average molecular weight is 492 g/mol. The van der Waals surface area contributed by atoms with Crippen molar-refractivity contribution < 1.29 is 22.7 Å². The number of piperazine rings is 1. The summed E-state index contributed by atoms with van der Waals surface area (Å²) in [5.41, 5.74) is 3.62. The van der Waals surface area contributed by atoms with Gasteiger partial charge in [0, 0.05) is 32.2 Å². The minimum Gasteiger partial charge on any atom is -0.497 e. The number of rotatable bonds is 7. The Morgan fingerprint density at radius 2 is 1.88 bits per heavy atom. The number of carbonyl (C=O) groups excluding carboxylic acids is 1. The molecular weight excluding hydrogens is 458 g/mol. The Hall–Kier alpha value is -2.79. The fraction of sp³-hybridized carbons (Fsp3) is 0.565. The molecule has 0 spiro atoms. The zero-order chi connectivity index (χ0) is 24.5. The van der Waals surface area contributed by atoms with Crippen LogP contribution in [0.25, 0.3) is 0 Å². The minimum absolute atomic E-state index is 0.0858. The van der Waals surface area contributed by atoms with Crippen molar-refractivity contribution in [2.75, 3.05) is 68.7 Å². The van der Waals surface area contributed by atoms with E-state index >= 15 is 0 Å². The van der Waals surface area contributed by atoms with Crippen LogP contribution in [-0.4, -0.2) is 87.5 Å². The maximum absolute atomic E-state index is 12.7. The Morgan fingerprint density at radius 3 is 2.50 bits per heavy atom. The molecule has 1 N–H and O–H groups in total. The third kappa shape index (κ3) is 5.15. The largest absolute Gasteiger partial charge is 0.497 e. The molecule has 2 aliphatic rings. The van der Waals surface area contributed by atoms with Gasteiger partial charge in [0.2, 0.25) is 5.91 Å². The number of nitrogens with zero attached hydrogens (tertiary/aromatic N) is 4. The number of carbonyl (C=O) groups is 1. The van der Waals surface area contributed by atoms with Crippen molar-refractivity contribution in [3.05, 3.63) is 29.6 Å². The number of aromatic nitrogens is 2. The van der Waals surface area contributed by atoms with Gasteiger partial charge >= 0.3 is 0 Å². The van der Waals surface area contributed by atoms with Gasteiger partial charge in [-0.1, -0.05) is 0 Å². The van der Waals surface area contributed by atoms with E-state index in [0.29, 0.717) is 30.2 Å². The number of ether oxygens (including phenoxy) is 2. The molecule has 2 aliphatic heterocycles. The van der Waals surface area contributed by atoms with Crippen molar-refractivity contribution in [2.45, 2.75) is 26.3 Å². The molecule has 3 heterocycles. The lowest BCUT2D eigenvalue weighted by Crippen LogP contribution is -2.49. The smallest absolute Gasteiger partial charge is 0.238 e. The lowest BCUT2D eigenvalue weighted by Gasteiger charge is -2.36. The molecule has 34 heavy (non-hydrogen) atoms. The van der Waals surface area contributed by atoms with E-state index in [-0.39, 0.29) is 23.5 Å². The van der Waals surface area contributed by atoms with E-state index in [2.05, 4.69) is 20.2 Å². The molecule has 1 aromatic heterocycles. The summed E-state index contributed by atoms with van der Waals surface area (Å²) in [5.74, 6) is 1.51. The number of hydrogen-bond acceptors (Lipinski definition) is 8. The molecule has 0 saturated carbocycles. The number of benzene rings is 1. The summed E-state index contributed by atoms with van der Waals surface area (Å²) in [6.45, 7) is 7.32. The lowest BCUT2D eigenvalue weighted by atomic mass is 10.2. The SMILES string of the molecule is COc1ccc(NC(=O)CN2CCN(c3c(C)nn(C4CCS(=O)(=O)C4)c3C)CC2)c(OC)c1. The number of methoxy groups -OCH3 is 2. The van der Waals surface area contributed by atoms with Crippen molar-refractivity contribution in [1.82, 2.24) is 14.7 Å². The zero-order valence-corrected chi connectivity index (χ0v) is 21.0. The normalized spacial score (nSPS) is 20.4. The monoisotopic (exact) mass is 491 g/mol. The molecule has 1 amide bonds. The highest BCUT2D eigenvalue weighted by Gasteiger charge is 2.32. The van der Waals surface area contributed by atoms with Gasteiger partial charge < -0.3 is 19.7 Å². The fourth-order valence-electron chi connectivity index (χ4n) is 4.86. The van der Waals surface area contributed by atoms with E-state index in [1.165, 1.54) is 0 Å². The van der Waals surface area contributed by atoms with Gasteiger partial charge in [-0.05, 0) is 32.4 Å². The number of sulfone groups is 1. The topological polar surface area (TPSA) is 106 Å². The second-order valence-electron chi connectivity index (χ2n) is 8.90. The Labute approximate surface area is 200 Å². The van der Waals surface area contributed by atoms with Crippen molar-refractivity contribution in [1.29, 1.82) is 0 Å². The van der Waals surface area contributed by atoms with Crippen molar-refractivity contribution in [2.24, 2.45) is 0 Å². The highest BCUT2D eigenvalue weighted by Crippen LogP contribution is 2.32. The Balaban J connectivity index is 1.35. The molecular formula is C23H33N5O5S. The molecule has 0 radical (unpaired) electrons. The Kier molecular flexibility index (Phi) is 7.04. The van der Waals surface area contributed by atoms with Crippen LogP contribution in [0.1, 0.15) is 23.9 Å². The van der Waals surface area contributed by atoms with Crippen LogP contribution < -0.4 is 19.7 Å². The van der Waals surface area contributed by atoms with Crippen LogP contribution in [0.3, 0.4) is 0 Å². The zero-order valence-electron chi connectivity index (χ0n) is 20.2. The van der Waals surface area contributed by atoms with Gasteiger partial charge in [-0.25, -0.2) is 8.42 Å². The van der Waals surface area contributed by atoms with Gasteiger partial charge in [0.1, 0.15) is 11.5 Å². The summed E-state index contributed by atoms with van der Waals surface area (Å²) in [4.78, 5) is 17.1. The molecule has 2 saturated heterocycles. The summed E-state index contributed by atoms with van der Waals surface area (Å²) in [5, 5.41) is 7.61. The van der Waals surface area contributed by atoms with E-state index in [0.717, 1.165) is 43.3 Å². The number of aryl methyl sites for hydroxylation is 1. The number of amides is 1. The highest BCUT2D eigenvalue weighted by molar-refractivity contribution is 7.91. The molecule has 1 unspecified atom stereocenters. The molecule has 1 aromatic carbocycles. The molecule has 0 bridgehead atoms. The Bertz CT molecular complexity index is 1150. The van der Waals surface area contributed by atoms with Gasteiger partial charge in [-0.3, -0.25) is 14.4 Å². The van der Waals surface area contributed by atoms with Crippen LogP contribution in [0.2, 0.25) is 0 Å². The predicted octanol–water partition coefficient (Wildman–Crippen LogP) is 1.64. The summed E-state index contributed by atoms with van der Waals surface area (Å²) in [6, 6.07) is 5.20. The maximum Gasteiger partial charge on any atom is 0.238 e. The average Bonchev–Trinajstić information content (AvgIpc) is 3.32. The number of hydrogen-bond donors (Lipinski definition) is 1. The second-order valence-corrected chi connectivity index (χ2v) is 11.1. The third-order valence-corrected chi connectivity index (χ3v) is 8.33. The van der Waals surface area contributed by atoms with Crippen LogP contribution in [-0.2, 0) is 14.6 Å². The van der Waals surface area contributed by atoms with Crippen LogP contribution in [0, 0.1) is 13.8 Å². The summed E-state index contributed by atoms with van der Waals surface area (Å²) < 4.78 is 36.3. The first-order valence-corrected chi connectivity index (χ1v) is 13.3. The third-order valence-electron chi connectivity index (χ3n) is 6.58. The van der Waals surface area contributed by atoms with Gasteiger partial charge in [0.05, 0.1) is 61.1 Å². The molecule has 2 fully saturated rings. The molecule has 10 nitrogen and oxygen atoms in total. The van der Waals surface area contributed by atoms with Crippen LogP contribution in [0.4, 0.5) is 11.4 Å². The minimum atomic E-state index is -2.97. The highest BCUT2D eigenvalue weighted by atomic mass is 32.2. The Morgan fingerprint density at radius 1 is 1.15 bits per heavy atom. The maximum atomic E-state index is 12.7. The second kappa shape index (κ2) is 9.83. The first-order chi connectivity index (χ1) is 16.2. The first kappa shape index (κ1) is 24.3. The number of nitrogens with one attached hydrogen (secondary N) is 1. The summed E-state index contributed by atoms with van der Waals surface area (Å²) >= 11 is 0. The summed E-state index contributed by atoms with van der Waals surface area (Å²) in [7, 11) is 0.169. The van der Waals surface area contributed by atoms with Gasteiger partial charge in [-0.15, -0.1) is 0 Å². The molecule has 0 aliphatic carbocycles. The van der Waals surface area contributed by atoms with Crippen LogP contribution >= 0.6 is 0 Å². The van der Waals surface area contributed by atoms with Crippen LogP contribution in [0.15, 0.2) is 18.2 Å². The van der Waals surface area contributed by atoms with Gasteiger partial charge in [0.25, 0.3) is 0 Å². The molecule has 2 aromatic rings. The fourth-order valence-corrected chi connectivity index (χ4v) is 6.55. The molecule has 186 valence electrons. The van der Waals surface area contributed by atoms with E-state index in [9.17, 15) is 13.2 Å². The van der Waals surface area contributed by atoms with Gasteiger partial charge in [-0.2, -0.15) is 5.10 Å². The van der Waals surface area contributed by atoms with Gasteiger partial charge in [0.15, 0.2) is 9.84 Å². The van der Waals surface area contributed by atoms with E-state index in [4.69, 9.17) is 9.47 Å². The molecule has 11 heteroatoms. The number of anilines is 2. The van der Waals surface area contributed by atoms with Crippen LogP contribution in [0.5, 0.6) is 11.5 Å². The van der Waals surface area contributed by atoms with E-state index < -0.39 is 9.84 Å². The summed E-state index contributed by atoms with van der Waals surface area (Å²) in [6.07, 6.45) is 0.617. The predicted molar refractivity (Wildman–Crippen MR) is 131 cm³/mol.